The standard InChI is InChI=1S/C29H38F2N4O5S/c1-3-4-10-34-18-21(15-28(34)36)29(37)33-24(14-20-12-22(30)16-23(31)13-20)17-25-19-35(11-9-32-25)41(38,39)27-7-5-26(40-2)6-8-27/h5-8,12-13,16,21,24-25,32H,3-4,9-11,14-15,17-19H2,1-2H3,(H,33,37)/t21?,24?,25-/m0/s1. The maximum Gasteiger partial charge on any atom is 0.243 e. The Kier molecular flexibility index (Phi) is 10.3. The van der Waals surface area contributed by atoms with Crippen LogP contribution in [-0.2, 0) is 26.0 Å². The molecular weight excluding hydrogens is 554 g/mol. The minimum absolute atomic E-state index is 0.0596. The number of hydrogen-bond donors (Lipinski definition) is 2. The molecule has 0 saturated carbocycles. The fourth-order valence-corrected chi connectivity index (χ4v) is 6.94. The van der Waals surface area contributed by atoms with Gasteiger partial charge in [-0.3, -0.25) is 9.59 Å². The van der Waals surface area contributed by atoms with Crippen LogP contribution in [0.25, 0.3) is 0 Å². The molecule has 12 heteroatoms. The highest BCUT2D eigenvalue weighted by atomic mass is 32.2. The van der Waals surface area contributed by atoms with Crippen LogP contribution in [0.1, 0.15) is 38.2 Å². The number of carbonyl (C=O) groups excluding carboxylic acids is 2. The third-order valence-corrected chi connectivity index (χ3v) is 9.48. The molecule has 3 atom stereocenters. The van der Waals surface area contributed by atoms with Crippen molar-refractivity contribution in [2.45, 2.75) is 56.0 Å². The zero-order valence-corrected chi connectivity index (χ0v) is 24.3. The lowest BCUT2D eigenvalue weighted by molar-refractivity contribution is -0.129. The molecule has 0 radical (unpaired) electrons. The van der Waals surface area contributed by atoms with E-state index < -0.39 is 33.6 Å². The van der Waals surface area contributed by atoms with Crippen LogP contribution < -0.4 is 15.4 Å². The van der Waals surface area contributed by atoms with Gasteiger partial charge in [0.25, 0.3) is 0 Å². The Hall–Kier alpha value is -3.09. The molecule has 2 unspecified atom stereocenters. The predicted octanol–water partition coefficient (Wildman–Crippen LogP) is 2.70. The minimum Gasteiger partial charge on any atom is -0.497 e. The van der Waals surface area contributed by atoms with Crippen molar-refractivity contribution in [1.82, 2.24) is 19.8 Å². The molecule has 9 nitrogen and oxygen atoms in total. The van der Waals surface area contributed by atoms with Crippen molar-refractivity contribution >= 4 is 21.8 Å². The molecule has 224 valence electrons. The maximum atomic E-state index is 14.0. The normalized spacial score (nSPS) is 20.7. The first-order valence-electron chi connectivity index (χ1n) is 14.0. The molecular formula is C29H38F2N4O5S. The van der Waals surface area contributed by atoms with Crippen molar-refractivity contribution in [1.29, 1.82) is 0 Å². The van der Waals surface area contributed by atoms with Crippen LogP contribution in [0.3, 0.4) is 0 Å². The molecule has 2 aliphatic rings. The van der Waals surface area contributed by atoms with Crippen LogP contribution in [0.5, 0.6) is 5.75 Å². The summed E-state index contributed by atoms with van der Waals surface area (Å²) in [6, 6.07) is 8.54. The Morgan fingerprint density at radius 2 is 1.85 bits per heavy atom. The van der Waals surface area contributed by atoms with Crippen LogP contribution in [-0.4, -0.2) is 81.4 Å². The van der Waals surface area contributed by atoms with Crippen molar-refractivity contribution in [2.75, 3.05) is 39.8 Å². The first-order chi connectivity index (χ1) is 19.6. The molecule has 2 aromatic carbocycles. The zero-order valence-electron chi connectivity index (χ0n) is 23.4. The summed E-state index contributed by atoms with van der Waals surface area (Å²) in [5, 5.41) is 6.33. The van der Waals surface area contributed by atoms with Gasteiger partial charge in [0.2, 0.25) is 21.8 Å². The molecule has 4 rings (SSSR count). The molecule has 2 aliphatic heterocycles. The summed E-state index contributed by atoms with van der Waals surface area (Å²) in [6.07, 6.45) is 2.37. The lowest BCUT2D eigenvalue weighted by Gasteiger charge is -2.35. The molecule has 2 amide bonds. The number of hydrogen-bond acceptors (Lipinski definition) is 6. The molecule has 2 aromatic rings. The van der Waals surface area contributed by atoms with E-state index in [1.54, 1.807) is 17.0 Å². The van der Waals surface area contributed by atoms with E-state index in [2.05, 4.69) is 10.6 Å². The van der Waals surface area contributed by atoms with Gasteiger partial charge in [-0.1, -0.05) is 13.3 Å². The summed E-state index contributed by atoms with van der Waals surface area (Å²) in [5.74, 6) is -1.76. The second-order valence-corrected chi connectivity index (χ2v) is 12.6. The number of ether oxygens (including phenoxy) is 1. The molecule has 0 aromatic heterocycles. The summed E-state index contributed by atoms with van der Waals surface area (Å²) in [6.45, 7) is 3.81. The number of unbranched alkanes of at least 4 members (excludes halogenated alkanes) is 1. The average Bonchev–Trinajstić information content (AvgIpc) is 3.31. The Labute approximate surface area is 240 Å². The predicted molar refractivity (Wildman–Crippen MR) is 150 cm³/mol. The number of piperazine rings is 1. The maximum absolute atomic E-state index is 14.0. The van der Waals surface area contributed by atoms with Gasteiger partial charge < -0.3 is 20.3 Å². The van der Waals surface area contributed by atoms with Gasteiger partial charge in [-0.15, -0.1) is 0 Å². The Morgan fingerprint density at radius 1 is 1.15 bits per heavy atom. The molecule has 41 heavy (non-hydrogen) atoms. The van der Waals surface area contributed by atoms with E-state index >= 15 is 0 Å². The third-order valence-electron chi connectivity index (χ3n) is 7.60. The topological polar surface area (TPSA) is 108 Å². The first-order valence-corrected chi connectivity index (χ1v) is 15.4. The molecule has 0 spiro atoms. The van der Waals surface area contributed by atoms with Crippen molar-refractivity contribution in [2.24, 2.45) is 5.92 Å². The van der Waals surface area contributed by atoms with E-state index in [1.165, 1.54) is 35.7 Å². The van der Waals surface area contributed by atoms with Crippen molar-refractivity contribution in [3.8, 4) is 5.75 Å². The second kappa shape index (κ2) is 13.7. The van der Waals surface area contributed by atoms with Crippen LogP contribution in [0.15, 0.2) is 47.4 Å². The van der Waals surface area contributed by atoms with Gasteiger partial charge in [0.1, 0.15) is 17.4 Å². The number of benzene rings is 2. The quantitative estimate of drug-likeness (QED) is 0.393. The van der Waals surface area contributed by atoms with E-state index in [1.807, 2.05) is 6.92 Å². The van der Waals surface area contributed by atoms with Gasteiger partial charge in [-0.25, -0.2) is 17.2 Å². The first kappa shape index (κ1) is 30.9. The minimum atomic E-state index is -3.77. The van der Waals surface area contributed by atoms with E-state index in [9.17, 15) is 26.8 Å². The molecule has 2 saturated heterocycles. The van der Waals surface area contributed by atoms with E-state index in [-0.39, 0.29) is 48.7 Å². The zero-order chi connectivity index (χ0) is 29.6. The highest BCUT2D eigenvalue weighted by Gasteiger charge is 2.36. The van der Waals surface area contributed by atoms with Gasteiger partial charge in [-0.2, -0.15) is 4.31 Å². The summed E-state index contributed by atoms with van der Waals surface area (Å²) in [4.78, 5) is 27.6. The van der Waals surface area contributed by atoms with E-state index in [0.29, 0.717) is 37.4 Å². The summed E-state index contributed by atoms with van der Waals surface area (Å²) in [7, 11) is -2.27. The number of methoxy groups -OCH3 is 1. The number of likely N-dealkylation sites (tertiary alicyclic amines) is 1. The second-order valence-electron chi connectivity index (χ2n) is 10.7. The average molecular weight is 593 g/mol. The lowest BCUT2D eigenvalue weighted by atomic mass is 9.97. The molecule has 0 bridgehead atoms. The highest BCUT2D eigenvalue weighted by molar-refractivity contribution is 7.89. The van der Waals surface area contributed by atoms with Gasteiger partial charge in [0, 0.05) is 57.3 Å². The Bertz CT molecular complexity index is 1300. The third kappa shape index (κ3) is 8.02. The molecule has 0 aliphatic carbocycles. The summed E-state index contributed by atoms with van der Waals surface area (Å²) >= 11 is 0. The number of halogens is 2. The number of amides is 2. The monoisotopic (exact) mass is 592 g/mol. The SMILES string of the molecule is CCCCN1CC(C(=O)NC(Cc2cc(F)cc(F)c2)C[C@H]2CN(S(=O)(=O)c3ccc(OC)cc3)CCN2)CC1=O. The van der Waals surface area contributed by atoms with Gasteiger partial charge in [0.15, 0.2) is 0 Å². The van der Waals surface area contributed by atoms with Gasteiger partial charge in [-0.05, 0) is 61.2 Å². The fourth-order valence-electron chi connectivity index (χ4n) is 5.45. The van der Waals surface area contributed by atoms with Crippen LogP contribution in [0.2, 0.25) is 0 Å². The fraction of sp³-hybridized carbons (Fsp3) is 0.517. The van der Waals surface area contributed by atoms with Gasteiger partial charge in [0.05, 0.1) is 17.9 Å². The highest BCUT2D eigenvalue weighted by Crippen LogP contribution is 2.23. The van der Waals surface area contributed by atoms with Crippen molar-refractivity contribution in [3.05, 3.63) is 59.7 Å². The summed E-state index contributed by atoms with van der Waals surface area (Å²) in [5.41, 5.74) is 0.374. The lowest BCUT2D eigenvalue weighted by Crippen LogP contribution is -2.55. The van der Waals surface area contributed by atoms with Crippen LogP contribution in [0.4, 0.5) is 8.78 Å². The number of carbonyl (C=O) groups is 2. The number of nitrogens with one attached hydrogen (secondary N) is 2. The van der Waals surface area contributed by atoms with Crippen LogP contribution >= 0.6 is 0 Å². The smallest absolute Gasteiger partial charge is 0.243 e. The Morgan fingerprint density at radius 3 is 2.51 bits per heavy atom. The molecule has 2 heterocycles. The molecule has 2 N–H and O–H groups in total. The van der Waals surface area contributed by atoms with E-state index in [0.717, 1.165) is 18.9 Å². The molecule has 2 fully saturated rings. The van der Waals surface area contributed by atoms with Crippen molar-refractivity contribution < 1.29 is 31.5 Å². The van der Waals surface area contributed by atoms with E-state index in [4.69, 9.17) is 4.74 Å². The van der Waals surface area contributed by atoms with Crippen LogP contribution in [0, 0.1) is 17.6 Å². The van der Waals surface area contributed by atoms with Gasteiger partial charge >= 0.3 is 0 Å². The number of sulfonamides is 1. The summed E-state index contributed by atoms with van der Waals surface area (Å²) < 4.78 is 61.1. The van der Waals surface area contributed by atoms with Crippen molar-refractivity contribution in [3.63, 3.8) is 0 Å². The number of nitrogens with zero attached hydrogens (tertiary/aromatic N) is 2. The largest absolute Gasteiger partial charge is 0.497 e. The Balaban J connectivity index is 1.47. The number of rotatable bonds is 12.